The Morgan fingerprint density at radius 3 is 2.50 bits per heavy atom. The molecule has 0 aliphatic heterocycles. The number of hydrogen-bond donors (Lipinski definition) is 0. The van der Waals surface area contributed by atoms with Crippen LogP contribution in [0.4, 0.5) is 0 Å². The summed E-state index contributed by atoms with van der Waals surface area (Å²) in [7, 11) is 0. The summed E-state index contributed by atoms with van der Waals surface area (Å²) in [6.07, 6.45) is 3.29. The lowest BCUT2D eigenvalue weighted by Gasteiger charge is -1.96. The quantitative estimate of drug-likeness (QED) is 0.619. The van der Waals surface area contributed by atoms with E-state index in [9.17, 15) is 0 Å². The highest BCUT2D eigenvalue weighted by molar-refractivity contribution is 5.75. The zero-order valence-electron chi connectivity index (χ0n) is 8.84. The van der Waals surface area contributed by atoms with Crippen LogP contribution in [-0.2, 0) is 0 Å². The number of aryl methyl sites for hydroxylation is 1. The highest BCUT2D eigenvalue weighted by atomic mass is 16.3. The Kier molecular flexibility index (Phi) is 1.96. The van der Waals surface area contributed by atoms with Crippen molar-refractivity contribution in [1.29, 1.82) is 0 Å². The molecule has 3 aromatic rings. The minimum absolute atomic E-state index is 0.582. The van der Waals surface area contributed by atoms with E-state index >= 15 is 0 Å². The van der Waals surface area contributed by atoms with E-state index in [1.54, 1.807) is 12.4 Å². The molecule has 0 atom stereocenters. The Balaban J connectivity index is 2.15. The highest BCUT2D eigenvalue weighted by Crippen LogP contribution is 2.25. The second kappa shape index (κ2) is 3.45. The van der Waals surface area contributed by atoms with Crippen molar-refractivity contribution in [2.45, 2.75) is 6.92 Å². The third kappa shape index (κ3) is 1.46. The monoisotopic (exact) mass is 210 g/mol. The maximum absolute atomic E-state index is 5.62. The first-order valence-electron chi connectivity index (χ1n) is 5.10. The van der Waals surface area contributed by atoms with Crippen LogP contribution in [0.15, 0.2) is 47.1 Å². The fourth-order valence-corrected chi connectivity index (χ4v) is 1.63. The van der Waals surface area contributed by atoms with Crippen molar-refractivity contribution in [3.8, 4) is 11.3 Å². The molecule has 0 unspecified atom stereocenters. The van der Waals surface area contributed by atoms with Gasteiger partial charge in [0.2, 0.25) is 5.71 Å². The number of nitrogens with zero attached hydrogens (tertiary/aromatic N) is 2. The summed E-state index contributed by atoms with van der Waals surface area (Å²) in [5.41, 5.74) is 3.65. The van der Waals surface area contributed by atoms with E-state index in [0.717, 1.165) is 16.8 Å². The van der Waals surface area contributed by atoms with Crippen molar-refractivity contribution in [3.63, 3.8) is 0 Å². The van der Waals surface area contributed by atoms with Crippen LogP contribution in [0.25, 0.3) is 22.6 Å². The molecule has 1 aromatic carbocycles. The molecular formula is C13H10N2O. The summed E-state index contributed by atoms with van der Waals surface area (Å²) < 4.78 is 5.62. The van der Waals surface area contributed by atoms with Gasteiger partial charge in [-0.15, -0.1) is 0 Å². The lowest BCUT2D eigenvalue weighted by atomic mass is 10.1. The number of hydrogen-bond acceptors (Lipinski definition) is 3. The predicted molar refractivity (Wildman–Crippen MR) is 62.0 cm³/mol. The molecule has 0 saturated heterocycles. The van der Waals surface area contributed by atoms with Gasteiger partial charge in [-0.3, -0.25) is 0 Å². The normalized spacial score (nSPS) is 10.8. The van der Waals surface area contributed by atoms with Crippen LogP contribution in [0.3, 0.4) is 0 Å². The molecule has 0 radical (unpaired) electrons. The fourth-order valence-electron chi connectivity index (χ4n) is 1.63. The Hall–Kier alpha value is -2.16. The molecule has 0 aliphatic carbocycles. The molecule has 16 heavy (non-hydrogen) atoms. The number of benzene rings is 1. The van der Waals surface area contributed by atoms with Crippen LogP contribution in [-0.4, -0.2) is 9.97 Å². The minimum atomic E-state index is 0.582. The van der Waals surface area contributed by atoms with Crippen LogP contribution in [0.1, 0.15) is 5.56 Å². The molecule has 0 N–H and O–H groups in total. The van der Waals surface area contributed by atoms with E-state index < -0.39 is 0 Å². The van der Waals surface area contributed by atoms with Gasteiger partial charge in [-0.05, 0) is 6.92 Å². The van der Waals surface area contributed by atoms with E-state index in [1.165, 1.54) is 5.56 Å². The average molecular weight is 210 g/mol. The van der Waals surface area contributed by atoms with Gasteiger partial charge < -0.3 is 4.42 Å². The molecular weight excluding hydrogens is 200 g/mol. The molecule has 0 fully saturated rings. The lowest BCUT2D eigenvalue weighted by molar-refractivity contribution is 0.617. The average Bonchev–Trinajstić information content (AvgIpc) is 2.73. The lowest BCUT2D eigenvalue weighted by Crippen LogP contribution is -1.74. The first kappa shape index (κ1) is 9.09. The first-order chi connectivity index (χ1) is 7.83. The topological polar surface area (TPSA) is 38.9 Å². The van der Waals surface area contributed by atoms with Gasteiger partial charge in [0.15, 0.2) is 0 Å². The van der Waals surface area contributed by atoms with Crippen molar-refractivity contribution in [2.24, 2.45) is 0 Å². The third-order valence-electron chi connectivity index (χ3n) is 2.50. The Bertz CT molecular complexity index is 593. The standard InChI is InChI=1S/C13H10N2O/c1-9-2-4-10(5-3-9)12-8-11-13(16-12)15-7-6-14-11/h2-8H,1H3. The van der Waals surface area contributed by atoms with Gasteiger partial charge in [-0.25, -0.2) is 9.97 Å². The van der Waals surface area contributed by atoms with Gasteiger partial charge in [0.25, 0.3) is 0 Å². The summed E-state index contributed by atoms with van der Waals surface area (Å²) in [6.45, 7) is 2.06. The van der Waals surface area contributed by atoms with Gasteiger partial charge in [-0.1, -0.05) is 29.8 Å². The van der Waals surface area contributed by atoms with Crippen molar-refractivity contribution in [1.82, 2.24) is 9.97 Å². The molecule has 0 spiro atoms. The van der Waals surface area contributed by atoms with Crippen molar-refractivity contribution < 1.29 is 4.42 Å². The molecule has 2 heterocycles. The van der Waals surface area contributed by atoms with Crippen molar-refractivity contribution in [3.05, 3.63) is 48.3 Å². The Morgan fingerprint density at radius 1 is 1.00 bits per heavy atom. The molecule has 2 aromatic heterocycles. The summed E-state index contributed by atoms with van der Waals surface area (Å²) in [4.78, 5) is 8.30. The predicted octanol–water partition coefficient (Wildman–Crippen LogP) is 3.20. The van der Waals surface area contributed by atoms with E-state index in [4.69, 9.17) is 4.42 Å². The molecule has 0 aliphatic rings. The van der Waals surface area contributed by atoms with E-state index in [-0.39, 0.29) is 0 Å². The zero-order chi connectivity index (χ0) is 11.0. The van der Waals surface area contributed by atoms with Crippen LogP contribution in [0.2, 0.25) is 0 Å². The number of rotatable bonds is 1. The number of furan rings is 1. The maximum Gasteiger partial charge on any atom is 0.245 e. The summed E-state index contributed by atoms with van der Waals surface area (Å²) >= 11 is 0. The van der Waals surface area contributed by atoms with E-state index in [1.807, 2.05) is 18.2 Å². The molecule has 0 saturated carbocycles. The van der Waals surface area contributed by atoms with E-state index in [2.05, 4.69) is 29.0 Å². The first-order valence-corrected chi connectivity index (χ1v) is 5.10. The second-order valence-corrected chi connectivity index (χ2v) is 3.72. The van der Waals surface area contributed by atoms with Crippen LogP contribution < -0.4 is 0 Å². The summed E-state index contributed by atoms with van der Waals surface area (Å²) in [5, 5.41) is 0. The van der Waals surface area contributed by atoms with Gasteiger partial charge >= 0.3 is 0 Å². The van der Waals surface area contributed by atoms with Gasteiger partial charge in [0, 0.05) is 24.0 Å². The molecule has 3 rings (SSSR count). The van der Waals surface area contributed by atoms with Crippen molar-refractivity contribution in [2.75, 3.05) is 0 Å². The van der Waals surface area contributed by atoms with Crippen LogP contribution in [0.5, 0.6) is 0 Å². The number of aromatic nitrogens is 2. The summed E-state index contributed by atoms with van der Waals surface area (Å²) in [6, 6.07) is 10.1. The number of fused-ring (bicyclic) bond motifs is 1. The maximum atomic E-state index is 5.62. The van der Waals surface area contributed by atoms with Gasteiger partial charge in [0.1, 0.15) is 11.3 Å². The fraction of sp³-hybridized carbons (Fsp3) is 0.0769. The third-order valence-corrected chi connectivity index (χ3v) is 2.50. The summed E-state index contributed by atoms with van der Waals surface area (Å²) in [5.74, 6) is 0.807. The van der Waals surface area contributed by atoms with E-state index in [0.29, 0.717) is 5.71 Å². The Labute approximate surface area is 92.8 Å². The van der Waals surface area contributed by atoms with Gasteiger partial charge in [0.05, 0.1) is 0 Å². The molecule has 78 valence electrons. The van der Waals surface area contributed by atoms with Crippen molar-refractivity contribution >= 4 is 11.2 Å². The second-order valence-electron chi connectivity index (χ2n) is 3.72. The molecule has 3 heteroatoms. The SMILES string of the molecule is Cc1ccc(-c2cc3nccnc3o2)cc1. The molecule has 0 amide bonds. The minimum Gasteiger partial charge on any atom is -0.436 e. The van der Waals surface area contributed by atoms with Gasteiger partial charge in [-0.2, -0.15) is 0 Å². The van der Waals surface area contributed by atoms with Crippen LogP contribution in [0, 0.1) is 6.92 Å². The van der Waals surface area contributed by atoms with Crippen LogP contribution >= 0.6 is 0 Å². The molecule has 3 nitrogen and oxygen atoms in total. The largest absolute Gasteiger partial charge is 0.436 e. The smallest absolute Gasteiger partial charge is 0.245 e. The molecule has 0 bridgehead atoms. The Morgan fingerprint density at radius 2 is 1.75 bits per heavy atom. The highest BCUT2D eigenvalue weighted by Gasteiger charge is 2.06. The zero-order valence-corrected chi connectivity index (χ0v) is 8.84.